The minimum Gasteiger partial charge on any atom is -0.356 e. The van der Waals surface area contributed by atoms with Gasteiger partial charge in [-0.3, -0.25) is 5.32 Å². The van der Waals surface area contributed by atoms with Crippen molar-refractivity contribution in [2.45, 2.75) is 25.3 Å². The van der Waals surface area contributed by atoms with Gasteiger partial charge in [0, 0.05) is 27.2 Å². The van der Waals surface area contributed by atoms with Crippen LogP contribution in [-0.2, 0) is 16.0 Å². The largest absolute Gasteiger partial charge is 0.356 e. The molecule has 0 heterocycles. The number of benzene rings is 1. The van der Waals surface area contributed by atoms with Crippen LogP contribution in [0.5, 0.6) is 0 Å². The average Bonchev–Trinajstić information content (AvgIpc) is 2.40. The Bertz CT molecular complexity index is 344. The Balaban J connectivity index is 2.40. The predicted molar refractivity (Wildman–Crippen MR) is 65.1 cm³/mol. The molecule has 1 atom stereocenters. The summed E-state index contributed by atoms with van der Waals surface area (Å²) in [5.41, 5.74) is 1.15. The summed E-state index contributed by atoms with van der Waals surface area (Å²) in [5, 5.41) is 12.2. The van der Waals surface area contributed by atoms with Crippen LogP contribution < -0.4 is 5.32 Å². The second-order valence-electron chi connectivity index (χ2n) is 3.68. The van der Waals surface area contributed by atoms with Crippen molar-refractivity contribution >= 4 is 0 Å². The predicted octanol–water partition coefficient (Wildman–Crippen LogP) is 1.68. The molecule has 0 aromatic heterocycles. The third-order valence-corrected chi connectivity index (χ3v) is 2.51. The molecule has 0 saturated carbocycles. The van der Waals surface area contributed by atoms with Crippen molar-refractivity contribution in [3.63, 3.8) is 0 Å². The third kappa shape index (κ3) is 4.96. The van der Waals surface area contributed by atoms with Gasteiger partial charge in [0.2, 0.25) is 0 Å². The highest BCUT2D eigenvalue weighted by Gasteiger charge is 2.14. The Morgan fingerprint density at radius 3 is 2.41 bits per heavy atom. The van der Waals surface area contributed by atoms with Crippen molar-refractivity contribution in [2.75, 3.05) is 14.2 Å². The molecule has 0 amide bonds. The number of rotatable bonds is 7. The van der Waals surface area contributed by atoms with Gasteiger partial charge in [-0.1, -0.05) is 30.3 Å². The molecule has 0 bridgehead atoms. The molecule has 0 fully saturated rings. The fourth-order valence-electron chi connectivity index (χ4n) is 1.50. The van der Waals surface area contributed by atoms with Gasteiger partial charge in [-0.2, -0.15) is 5.26 Å². The number of nitriles is 1. The summed E-state index contributed by atoms with van der Waals surface area (Å²) < 4.78 is 10.1. The van der Waals surface area contributed by atoms with Crippen LogP contribution in [0.25, 0.3) is 0 Å². The topological polar surface area (TPSA) is 54.3 Å². The summed E-state index contributed by atoms with van der Waals surface area (Å²) in [6.07, 6.45) is 0.166. The standard InChI is InChI=1S/C13H18N2O2/c1-16-13(17-2)8-12(9-14)15-10-11-6-4-3-5-7-11/h3-7,12-13,15H,8,10H2,1-2H3. The van der Waals surface area contributed by atoms with Crippen molar-refractivity contribution in [1.29, 1.82) is 5.26 Å². The maximum absolute atomic E-state index is 9.02. The Hall–Kier alpha value is -1.41. The Morgan fingerprint density at radius 1 is 1.24 bits per heavy atom. The number of hydrogen-bond acceptors (Lipinski definition) is 4. The highest BCUT2D eigenvalue weighted by Crippen LogP contribution is 2.04. The Kier molecular flexibility index (Phi) is 6.26. The van der Waals surface area contributed by atoms with E-state index in [9.17, 15) is 0 Å². The van der Waals surface area contributed by atoms with Crippen LogP contribution in [0.1, 0.15) is 12.0 Å². The summed E-state index contributed by atoms with van der Waals surface area (Å²) in [7, 11) is 3.14. The molecule has 1 rings (SSSR count). The number of methoxy groups -OCH3 is 2. The molecule has 1 aromatic rings. The van der Waals surface area contributed by atoms with E-state index in [1.54, 1.807) is 14.2 Å². The van der Waals surface area contributed by atoms with E-state index in [0.717, 1.165) is 5.56 Å². The fourth-order valence-corrected chi connectivity index (χ4v) is 1.50. The van der Waals surface area contributed by atoms with Crippen LogP contribution in [0.15, 0.2) is 30.3 Å². The van der Waals surface area contributed by atoms with E-state index in [1.807, 2.05) is 30.3 Å². The molecular formula is C13H18N2O2. The van der Waals surface area contributed by atoms with Crippen molar-refractivity contribution < 1.29 is 9.47 Å². The van der Waals surface area contributed by atoms with Crippen LogP contribution in [0, 0.1) is 11.3 Å². The number of nitrogens with zero attached hydrogens (tertiary/aromatic N) is 1. The maximum Gasteiger partial charge on any atom is 0.159 e. The zero-order valence-corrected chi connectivity index (χ0v) is 10.2. The maximum atomic E-state index is 9.02. The van der Waals surface area contributed by atoms with Gasteiger partial charge in [0.1, 0.15) is 6.04 Å². The van der Waals surface area contributed by atoms with Gasteiger partial charge >= 0.3 is 0 Å². The van der Waals surface area contributed by atoms with Crippen LogP contribution in [0.3, 0.4) is 0 Å². The fraction of sp³-hybridized carbons (Fsp3) is 0.462. The summed E-state index contributed by atoms with van der Waals surface area (Å²) in [5.74, 6) is 0. The smallest absolute Gasteiger partial charge is 0.159 e. The number of nitrogens with one attached hydrogen (secondary N) is 1. The lowest BCUT2D eigenvalue weighted by Gasteiger charge is -2.17. The molecule has 17 heavy (non-hydrogen) atoms. The molecule has 0 aliphatic carbocycles. The Labute approximate surface area is 102 Å². The van der Waals surface area contributed by atoms with E-state index >= 15 is 0 Å². The number of ether oxygens (including phenoxy) is 2. The van der Waals surface area contributed by atoms with Gasteiger partial charge in [0.25, 0.3) is 0 Å². The van der Waals surface area contributed by atoms with Crippen LogP contribution in [0.4, 0.5) is 0 Å². The lowest BCUT2D eigenvalue weighted by Crippen LogP contribution is -2.32. The molecule has 0 aliphatic rings. The SMILES string of the molecule is COC(CC(C#N)NCc1ccccc1)OC. The summed E-state index contributed by atoms with van der Waals surface area (Å²) in [6, 6.07) is 11.9. The zero-order chi connectivity index (χ0) is 12.5. The lowest BCUT2D eigenvalue weighted by molar-refractivity contribution is -0.108. The lowest BCUT2D eigenvalue weighted by atomic mass is 10.2. The van der Waals surface area contributed by atoms with E-state index in [4.69, 9.17) is 14.7 Å². The minimum atomic E-state index is -0.345. The van der Waals surface area contributed by atoms with E-state index in [1.165, 1.54) is 0 Å². The van der Waals surface area contributed by atoms with Gasteiger partial charge in [0.15, 0.2) is 6.29 Å². The van der Waals surface area contributed by atoms with Crippen LogP contribution in [0.2, 0.25) is 0 Å². The normalized spacial score (nSPS) is 12.4. The first kappa shape index (κ1) is 13.7. The van der Waals surface area contributed by atoms with E-state index in [2.05, 4.69) is 11.4 Å². The summed E-state index contributed by atoms with van der Waals surface area (Å²) in [6.45, 7) is 0.666. The molecule has 0 spiro atoms. The minimum absolute atomic E-state index is 0.278. The van der Waals surface area contributed by atoms with E-state index in [0.29, 0.717) is 13.0 Å². The van der Waals surface area contributed by atoms with E-state index in [-0.39, 0.29) is 12.3 Å². The highest BCUT2D eigenvalue weighted by molar-refractivity contribution is 5.14. The highest BCUT2D eigenvalue weighted by atomic mass is 16.7. The molecule has 4 nitrogen and oxygen atoms in total. The van der Waals surface area contributed by atoms with Crippen LogP contribution >= 0.6 is 0 Å². The second kappa shape index (κ2) is 7.80. The molecule has 1 aromatic carbocycles. The molecule has 92 valence electrons. The molecule has 1 unspecified atom stereocenters. The Morgan fingerprint density at radius 2 is 1.88 bits per heavy atom. The van der Waals surface area contributed by atoms with Gasteiger partial charge < -0.3 is 9.47 Å². The summed E-state index contributed by atoms with van der Waals surface area (Å²) >= 11 is 0. The first-order valence-corrected chi connectivity index (χ1v) is 5.52. The van der Waals surface area contributed by atoms with Crippen molar-refractivity contribution in [1.82, 2.24) is 5.32 Å². The molecule has 0 radical (unpaired) electrons. The number of hydrogen-bond donors (Lipinski definition) is 1. The first-order valence-electron chi connectivity index (χ1n) is 5.52. The molecular weight excluding hydrogens is 216 g/mol. The zero-order valence-electron chi connectivity index (χ0n) is 10.2. The monoisotopic (exact) mass is 234 g/mol. The molecule has 1 N–H and O–H groups in total. The molecule has 0 aliphatic heterocycles. The quantitative estimate of drug-likeness (QED) is 0.729. The van der Waals surface area contributed by atoms with Gasteiger partial charge in [-0.25, -0.2) is 0 Å². The van der Waals surface area contributed by atoms with Gasteiger partial charge in [-0.15, -0.1) is 0 Å². The summed E-state index contributed by atoms with van der Waals surface area (Å²) in [4.78, 5) is 0. The van der Waals surface area contributed by atoms with Crippen LogP contribution in [-0.4, -0.2) is 26.6 Å². The van der Waals surface area contributed by atoms with Gasteiger partial charge in [-0.05, 0) is 5.56 Å². The van der Waals surface area contributed by atoms with Crippen molar-refractivity contribution in [3.05, 3.63) is 35.9 Å². The van der Waals surface area contributed by atoms with Crippen molar-refractivity contribution in [3.8, 4) is 6.07 Å². The molecule has 0 saturated heterocycles. The van der Waals surface area contributed by atoms with Gasteiger partial charge in [0.05, 0.1) is 6.07 Å². The second-order valence-corrected chi connectivity index (χ2v) is 3.68. The molecule has 4 heteroatoms. The third-order valence-electron chi connectivity index (χ3n) is 2.51. The van der Waals surface area contributed by atoms with Crippen molar-refractivity contribution in [2.24, 2.45) is 0 Å². The van der Waals surface area contributed by atoms with E-state index < -0.39 is 0 Å². The first-order chi connectivity index (χ1) is 8.30. The average molecular weight is 234 g/mol.